The fourth-order valence-corrected chi connectivity index (χ4v) is 2.25. The summed E-state index contributed by atoms with van der Waals surface area (Å²) in [6.07, 6.45) is 2.33. The maximum absolute atomic E-state index is 10.0. The lowest BCUT2D eigenvalue weighted by Crippen LogP contribution is -2.38. The number of nitrogens with two attached hydrogens (primary N) is 1. The van der Waals surface area contributed by atoms with Crippen molar-refractivity contribution < 1.29 is 9.84 Å². The molecule has 0 bridgehead atoms. The zero-order valence-electron chi connectivity index (χ0n) is 12.0. The minimum Gasteiger partial charge on any atom is -0.490 e. The first-order chi connectivity index (χ1) is 9.72. The van der Waals surface area contributed by atoms with E-state index in [0.29, 0.717) is 0 Å². The molecule has 2 aromatic rings. The Morgan fingerprint density at radius 1 is 1.15 bits per heavy atom. The van der Waals surface area contributed by atoms with E-state index in [9.17, 15) is 5.11 Å². The number of ether oxygens (including phenoxy) is 1. The number of unbranched alkanes of at least 4 members (excludes halogenated alkanes) is 1. The molecule has 3 N–H and O–H groups in total. The van der Waals surface area contributed by atoms with E-state index >= 15 is 0 Å². The van der Waals surface area contributed by atoms with E-state index < -0.39 is 6.10 Å². The van der Waals surface area contributed by atoms with Gasteiger partial charge in [-0.05, 0) is 17.9 Å². The highest BCUT2D eigenvalue weighted by Gasteiger charge is 2.15. The Kier molecular flexibility index (Phi) is 5.39. The summed E-state index contributed by atoms with van der Waals surface area (Å²) in [6, 6.07) is 13.8. The molecule has 0 heterocycles. The largest absolute Gasteiger partial charge is 0.490 e. The van der Waals surface area contributed by atoms with Gasteiger partial charge in [0.2, 0.25) is 0 Å². The highest BCUT2D eigenvalue weighted by atomic mass is 16.5. The van der Waals surface area contributed by atoms with Gasteiger partial charge in [-0.2, -0.15) is 0 Å². The minimum absolute atomic E-state index is 0.218. The molecule has 3 heteroatoms. The van der Waals surface area contributed by atoms with Gasteiger partial charge in [-0.3, -0.25) is 0 Å². The molecule has 108 valence electrons. The van der Waals surface area contributed by atoms with Gasteiger partial charge in [0.15, 0.2) is 0 Å². The molecule has 0 aliphatic rings. The standard InChI is InChI=1S/C17H23NO2/c1-2-3-10-15(18)16(19)12-20-17-11-6-8-13-7-4-5-9-14(13)17/h4-9,11,15-16,19H,2-3,10,12,18H2,1H3. The predicted octanol–water partition coefficient (Wildman–Crippen LogP) is 3.10. The first-order valence-electron chi connectivity index (χ1n) is 7.26. The molecular weight excluding hydrogens is 250 g/mol. The second kappa shape index (κ2) is 7.27. The molecule has 20 heavy (non-hydrogen) atoms. The van der Waals surface area contributed by atoms with E-state index in [-0.39, 0.29) is 12.6 Å². The van der Waals surface area contributed by atoms with Gasteiger partial charge >= 0.3 is 0 Å². The van der Waals surface area contributed by atoms with Crippen LogP contribution in [0.2, 0.25) is 0 Å². The third kappa shape index (κ3) is 3.71. The molecule has 2 unspecified atom stereocenters. The van der Waals surface area contributed by atoms with Crippen molar-refractivity contribution in [1.29, 1.82) is 0 Å². The van der Waals surface area contributed by atoms with E-state index in [1.54, 1.807) is 0 Å². The molecule has 2 aromatic carbocycles. The minimum atomic E-state index is -0.625. The van der Waals surface area contributed by atoms with Crippen molar-refractivity contribution in [3.63, 3.8) is 0 Å². The number of aliphatic hydroxyl groups excluding tert-OH is 1. The molecule has 0 amide bonds. The van der Waals surface area contributed by atoms with Crippen LogP contribution in [-0.4, -0.2) is 23.9 Å². The van der Waals surface area contributed by atoms with E-state index in [1.807, 2.05) is 42.5 Å². The molecule has 2 atom stereocenters. The predicted molar refractivity (Wildman–Crippen MR) is 83.0 cm³/mol. The summed E-state index contributed by atoms with van der Waals surface area (Å²) in [7, 11) is 0. The van der Waals surface area contributed by atoms with Crippen LogP contribution in [0.15, 0.2) is 42.5 Å². The molecular formula is C17H23NO2. The Labute approximate surface area is 120 Å². The summed E-state index contributed by atoms with van der Waals surface area (Å²) >= 11 is 0. The van der Waals surface area contributed by atoms with Crippen molar-refractivity contribution in [2.75, 3.05) is 6.61 Å². The summed E-state index contributed by atoms with van der Waals surface area (Å²) in [4.78, 5) is 0. The monoisotopic (exact) mass is 273 g/mol. The van der Waals surface area contributed by atoms with Crippen molar-refractivity contribution in [3.05, 3.63) is 42.5 Å². The van der Waals surface area contributed by atoms with Crippen LogP contribution in [-0.2, 0) is 0 Å². The van der Waals surface area contributed by atoms with Crippen LogP contribution in [0, 0.1) is 0 Å². The van der Waals surface area contributed by atoms with Crippen LogP contribution in [0.1, 0.15) is 26.2 Å². The Morgan fingerprint density at radius 2 is 1.90 bits per heavy atom. The maximum atomic E-state index is 10.0. The highest BCUT2D eigenvalue weighted by Crippen LogP contribution is 2.25. The van der Waals surface area contributed by atoms with Crippen LogP contribution in [0.3, 0.4) is 0 Å². The number of aliphatic hydroxyl groups is 1. The summed E-state index contributed by atoms with van der Waals surface area (Å²) in [6.45, 7) is 2.35. The zero-order valence-corrected chi connectivity index (χ0v) is 12.0. The molecule has 3 nitrogen and oxygen atoms in total. The van der Waals surface area contributed by atoms with Crippen LogP contribution >= 0.6 is 0 Å². The second-order valence-corrected chi connectivity index (χ2v) is 5.16. The SMILES string of the molecule is CCCCC(N)C(O)COc1cccc2ccccc12. The number of hydrogen-bond acceptors (Lipinski definition) is 3. The average molecular weight is 273 g/mol. The summed E-state index contributed by atoms with van der Waals surface area (Å²) in [5, 5.41) is 12.2. The molecule has 0 fully saturated rings. The second-order valence-electron chi connectivity index (χ2n) is 5.16. The maximum Gasteiger partial charge on any atom is 0.127 e. The van der Waals surface area contributed by atoms with Gasteiger partial charge in [0.25, 0.3) is 0 Å². The van der Waals surface area contributed by atoms with E-state index in [2.05, 4.69) is 6.92 Å². The van der Waals surface area contributed by atoms with E-state index in [1.165, 1.54) is 0 Å². The highest BCUT2D eigenvalue weighted by molar-refractivity contribution is 5.88. The van der Waals surface area contributed by atoms with Crippen LogP contribution in [0.5, 0.6) is 5.75 Å². The summed E-state index contributed by atoms with van der Waals surface area (Å²) in [5.74, 6) is 0.796. The number of hydrogen-bond donors (Lipinski definition) is 2. The van der Waals surface area contributed by atoms with Gasteiger partial charge in [-0.1, -0.05) is 56.2 Å². The first-order valence-corrected chi connectivity index (χ1v) is 7.26. The van der Waals surface area contributed by atoms with Gasteiger partial charge in [0.05, 0.1) is 0 Å². The average Bonchev–Trinajstić information content (AvgIpc) is 2.50. The summed E-state index contributed by atoms with van der Waals surface area (Å²) < 4.78 is 5.75. The van der Waals surface area contributed by atoms with Crippen LogP contribution in [0.4, 0.5) is 0 Å². The third-order valence-electron chi connectivity index (χ3n) is 3.54. The number of rotatable bonds is 7. The molecule has 2 rings (SSSR count). The molecule has 0 radical (unpaired) electrons. The number of fused-ring (bicyclic) bond motifs is 1. The van der Waals surface area contributed by atoms with Gasteiger partial charge in [-0.25, -0.2) is 0 Å². The van der Waals surface area contributed by atoms with Crippen molar-refractivity contribution in [1.82, 2.24) is 0 Å². The lowest BCUT2D eigenvalue weighted by Gasteiger charge is -2.19. The van der Waals surface area contributed by atoms with Gasteiger partial charge < -0.3 is 15.6 Å². The van der Waals surface area contributed by atoms with Crippen molar-refractivity contribution in [2.24, 2.45) is 5.73 Å². The van der Waals surface area contributed by atoms with Crippen molar-refractivity contribution >= 4 is 10.8 Å². The molecule has 0 aromatic heterocycles. The molecule has 0 saturated heterocycles. The Morgan fingerprint density at radius 3 is 2.70 bits per heavy atom. The fraction of sp³-hybridized carbons (Fsp3) is 0.412. The number of benzene rings is 2. The zero-order chi connectivity index (χ0) is 14.4. The first kappa shape index (κ1) is 14.8. The third-order valence-corrected chi connectivity index (χ3v) is 3.54. The lowest BCUT2D eigenvalue weighted by molar-refractivity contribution is 0.0826. The molecule has 0 spiro atoms. The van der Waals surface area contributed by atoms with Gasteiger partial charge in [0.1, 0.15) is 18.5 Å². The fourth-order valence-electron chi connectivity index (χ4n) is 2.25. The smallest absolute Gasteiger partial charge is 0.127 e. The van der Waals surface area contributed by atoms with Gasteiger partial charge in [-0.15, -0.1) is 0 Å². The Bertz CT molecular complexity index is 536. The van der Waals surface area contributed by atoms with Gasteiger partial charge in [0, 0.05) is 11.4 Å². The van der Waals surface area contributed by atoms with Crippen LogP contribution < -0.4 is 10.5 Å². The summed E-state index contributed by atoms with van der Waals surface area (Å²) in [5.41, 5.74) is 5.95. The molecule has 0 aliphatic carbocycles. The molecule has 0 aliphatic heterocycles. The van der Waals surface area contributed by atoms with Crippen LogP contribution in [0.25, 0.3) is 10.8 Å². The van der Waals surface area contributed by atoms with E-state index in [0.717, 1.165) is 35.8 Å². The Balaban J connectivity index is 1.99. The topological polar surface area (TPSA) is 55.5 Å². The van der Waals surface area contributed by atoms with E-state index in [4.69, 9.17) is 10.5 Å². The molecule has 0 saturated carbocycles. The van der Waals surface area contributed by atoms with Crippen molar-refractivity contribution in [2.45, 2.75) is 38.3 Å². The quantitative estimate of drug-likeness (QED) is 0.815. The lowest BCUT2D eigenvalue weighted by atomic mass is 10.1. The van der Waals surface area contributed by atoms with Crippen molar-refractivity contribution in [3.8, 4) is 5.75 Å². The normalized spacial score (nSPS) is 14.2. The Hall–Kier alpha value is -1.58.